The zero-order chi connectivity index (χ0) is 20.9. The number of hydrogen-bond acceptors (Lipinski definition) is 1. The first-order chi connectivity index (χ1) is 9.45. The molecule has 0 heterocycles. The molecular formula is C9H20BCuF10NP-7. The van der Waals surface area contributed by atoms with Gasteiger partial charge in [-0.2, -0.15) is 27.7 Å². The predicted octanol–water partition coefficient (Wildman–Crippen LogP) is 8.14. The Labute approximate surface area is 142 Å². The minimum atomic E-state index is -10.7. The van der Waals surface area contributed by atoms with Crippen molar-refractivity contribution in [2.24, 2.45) is 0 Å². The van der Waals surface area contributed by atoms with Crippen molar-refractivity contribution < 1.29 is 59.5 Å². The van der Waals surface area contributed by atoms with Crippen molar-refractivity contribution in [2.45, 2.75) is 27.7 Å². The van der Waals surface area contributed by atoms with Gasteiger partial charge in [0, 0.05) is 17.1 Å². The van der Waals surface area contributed by atoms with Crippen LogP contribution < -0.4 is 0 Å². The molecular weight excluding hydrogens is 417 g/mol. The molecule has 1 nitrogen and oxygen atoms in total. The van der Waals surface area contributed by atoms with E-state index < -0.39 is 15.1 Å². The van der Waals surface area contributed by atoms with Crippen molar-refractivity contribution >= 4 is 15.1 Å². The molecule has 0 aliphatic carbocycles. The van der Waals surface area contributed by atoms with Crippen LogP contribution in [0, 0.1) is 39.5 Å². The van der Waals surface area contributed by atoms with Crippen LogP contribution in [0.25, 0.3) is 0 Å². The molecule has 0 bridgehead atoms. The summed E-state index contributed by atoms with van der Waals surface area (Å²) in [5.74, 6) is 0. The molecule has 0 atom stereocenters. The van der Waals surface area contributed by atoms with Gasteiger partial charge in [0.2, 0.25) is 0 Å². The van der Waals surface area contributed by atoms with Gasteiger partial charge in [0.05, 0.1) is 0 Å². The Morgan fingerprint density at radius 1 is 0.609 bits per heavy atom. The van der Waals surface area contributed by atoms with Crippen LogP contribution in [0.1, 0.15) is 27.7 Å². The molecule has 23 heavy (non-hydrogen) atoms. The standard InChI is InChI=1S/4C2H5.CN.BF4.Cu.F6P/c5*1-2;2-1(3,4)5;;1-7(2,3,4,5)6/h4*1H2,2H3;;;;/q6*-1;;-1. The van der Waals surface area contributed by atoms with Gasteiger partial charge < -0.3 is 56.8 Å². The predicted molar refractivity (Wildman–Crippen MR) is 72.8 cm³/mol. The maximum atomic E-state index is 9.87. The molecule has 0 aliphatic rings. The van der Waals surface area contributed by atoms with Crippen LogP contribution in [-0.4, -0.2) is 7.25 Å². The maximum absolute atomic E-state index is 10.7. The van der Waals surface area contributed by atoms with Crippen molar-refractivity contribution in [2.75, 3.05) is 0 Å². The van der Waals surface area contributed by atoms with Gasteiger partial charge in [-0.15, -0.1) is 0 Å². The molecule has 0 saturated carbocycles. The minimum Gasteiger partial charge on any atom is -0.512 e. The van der Waals surface area contributed by atoms with E-state index in [0.717, 1.165) is 0 Å². The van der Waals surface area contributed by atoms with E-state index in [1.807, 2.05) is 0 Å². The van der Waals surface area contributed by atoms with Crippen LogP contribution in [0.4, 0.5) is 42.4 Å². The number of hydrogen-bond donors (Lipinski definition) is 0. The van der Waals surface area contributed by atoms with E-state index in [1.165, 1.54) is 0 Å². The summed E-state index contributed by atoms with van der Waals surface area (Å²) >= 11 is 0. The largest absolute Gasteiger partial charge is 0.512 e. The molecule has 0 rings (SSSR count). The Balaban J connectivity index is -0.0000000209. The summed E-state index contributed by atoms with van der Waals surface area (Å²) in [4.78, 5) is 0. The average molecular weight is 438 g/mol. The Morgan fingerprint density at radius 3 is 0.609 bits per heavy atom. The van der Waals surface area contributed by atoms with Gasteiger partial charge in [-0.25, -0.2) is 0 Å². The fourth-order valence-corrected chi connectivity index (χ4v) is 0. The Morgan fingerprint density at radius 2 is 0.609 bits per heavy atom. The molecule has 157 valence electrons. The fourth-order valence-electron chi connectivity index (χ4n) is 0. The zero-order valence-electron chi connectivity index (χ0n) is 12.9. The third-order valence-electron chi connectivity index (χ3n) is 0. The van der Waals surface area contributed by atoms with E-state index in [0.29, 0.717) is 0 Å². The first kappa shape index (κ1) is 49.5. The first-order valence-corrected chi connectivity index (χ1v) is 6.97. The minimum absolute atomic E-state index is 0. The van der Waals surface area contributed by atoms with Crippen LogP contribution in [0.2, 0.25) is 0 Å². The number of nitrogens with zero attached hydrogens (tertiary/aromatic N) is 1. The van der Waals surface area contributed by atoms with Crippen molar-refractivity contribution in [1.82, 2.24) is 0 Å². The van der Waals surface area contributed by atoms with E-state index in [1.54, 1.807) is 27.7 Å². The molecule has 0 aromatic rings. The Hall–Kier alpha value is -0.196. The van der Waals surface area contributed by atoms with E-state index in [9.17, 15) is 42.4 Å². The Bertz CT molecular complexity index is 184. The van der Waals surface area contributed by atoms with E-state index in [-0.39, 0.29) is 17.1 Å². The molecule has 0 aromatic heterocycles. The monoisotopic (exact) mass is 437 g/mol. The summed E-state index contributed by atoms with van der Waals surface area (Å²) < 4.78 is 98.2. The third-order valence-corrected chi connectivity index (χ3v) is 0. The van der Waals surface area contributed by atoms with Crippen LogP contribution in [0.3, 0.4) is 0 Å². The molecule has 0 aliphatic heterocycles. The molecule has 0 N–H and O–H groups in total. The third kappa shape index (κ3) is 224000. The zero-order valence-corrected chi connectivity index (χ0v) is 14.7. The van der Waals surface area contributed by atoms with Gasteiger partial charge in [-0.3, -0.25) is 0 Å². The average Bonchev–Trinajstić information content (AvgIpc) is 2.35. The topological polar surface area (TPSA) is 23.8 Å². The molecule has 1 radical (unpaired) electrons. The van der Waals surface area contributed by atoms with Gasteiger partial charge in [0.1, 0.15) is 0 Å². The molecule has 14 heteroatoms. The van der Waals surface area contributed by atoms with Crippen molar-refractivity contribution in [3.8, 4) is 0 Å². The SMILES string of the molecule is F[B-](F)(F)F.F[P-](F)(F)(F)(F)F.[C-]#N.[CH2-]C.[CH2-]C.[CH2-]C.[CH2-]C.[Cu]. The van der Waals surface area contributed by atoms with Crippen molar-refractivity contribution in [1.29, 1.82) is 5.26 Å². The van der Waals surface area contributed by atoms with Crippen LogP contribution in [-0.2, 0) is 17.1 Å². The summed E-state index contributed by atoms with van der Waals surface area (Å²) in [7, 11) is -16.7. The van der Waals surface area contributed by atoms with Crippen LogP contribution in [0.5, 0.6) is 0 Å². The van der Waals surface area contributed by atoms with Crippen LogP contribution >= 0.6 is 7.81 Å². The maximum Gasteiger partial charge on any atom is 0 e. The molecule has 0 aromatic carbocycles. The molecule has 0 fully saturated rings. The van der Waals surface area contributed by atoms with Crippen LogP contribution in [0.15, 0.2) is 0 Å². The Kier molecular flexibility index (Phi) is 46.9. The first-order valence-electron chi connectivity index (χ1n) is 4.94. The van der Waals surface area contributed by atoms with Gasteiger partial charge in [0.15, 0.2) is 0 Å². The van der Waals surface area contributed by atoms with Gasteiger partial charge in [0.25, 0.3) is 0 Å². The van der Waals surface area contributed by atoms with Gasteiger partial charge in [-0.05, 0) is 0 Å². The van der Waals surface area contributed by atoms with Gasteiger partial charge in [-0.1, -0.05) is 0 Å². The summed E-state index contributed by atoms with van der Waals surface area (Å²) in [6.07, 6.45) is 0. The second-order valence-corrected chi connectivity index (χ2v) is 3.37. The summed E-state index contributed by atoms with van der Waals surface area (Å²) in [6, 6.07) is 0. The molecule has 0 unspecified atom stereocenters. The number of halogens is 10. The second kappa shape index (κ2) is 21.8. The smallest absolute Gasteiger partial charge is 0 e. The molecule has 0 amide bonds. The van der Waals surface area contributed by atoms with Gasteiger partial charge >= 0.3 is 40.2 Å². The second-order valence-electron chi connectivity index (χ2n) is 1.45. The van der Waals surface area contributed by atoms with Crippen molar-refractivity contribution in [3.63, 3.8) is 0 Å². The fraction of sp³-hybridized carbons (Fsp3) is 0.444. The molecule has 0 spiro atoms. The van der Waals surface area contributed by atoms with Crippen molar-refractivity contribution in [3.05, 3.63) is 34.3 Å². The number of rotatable bonds is 0. The normalized spacial score (nSPS) is 10.8. The quantitative estimate of drug-likeness (QED) is 0.162. The van der Waals surface area contributed by atoms with E-state index >= 15 is 0 Å². The van der Waals surface area contributed by atoms with E-state index in [2.05, 4.69) is 27.7 Å². The molecule has 0 saturated heterocycles. The summed E-state index contributed by atoms with van der Waals surface area (Å²) in [6.45, 7) is 24.8. The van der Waals surface area contributed by atoms with E-state index in [4.69, 9.17) is 11.8 Å². The summed E-state index contributed by atoms with van der Waals surface area (Å²) in [5.41, 5.74) is 0. The summed E-state index contributed by atoms with van der Waals surface area (Å²) in [5, 5.41) is 6.25.